The number of hydrogen-bond acceptors (Lipinski definition) is 4. The maximum Gasteiger partial charge on any atom is 0.417 e. The maximum absolute atomic E-state index is 11.4. The van der Waals surface area contributed by atoms with Crippen molar-refractivity contribution in [1.29, 1.82) is 5.26 Å². The Kier molecular flexibility index (Phi) is 2.92. The van der Waals surface area contributed by atoms with E-state index in [1.807, 2.05) is 6.07 Å². The van der Waals surface area contributed by atoms with Crippen LogP contribution in [0.2, 0.25) is 0 Å². The third-order valence-electron chi connectivity index (χ3n) is 2.17. The summed E-state index contributed by atoms with van der Waals surface area (Å²) < 4.78 is 4.83. The number of nitrogens with zero attached hydrogens (tertiary/aromatic N) is 1. The first kappa shape index (κ1) is 11.0. The minimum atomic E-state index is -0.534. The molecule has 0 aliphatic rings. The molecule has 1 aromatic carbocycles. The van der Waals surface area contributed by atoms with E-state index in [1.165, 1.54) is 0 Å². The van der Waals surface area contributed by atoms with Gasteiger partial charge >= 0.3 is 5.76 Å². The van der Waals surface area contributed by atoms with Gasteiger partial charge in [-0.1, -0.05) is 0 Å². The third kappa shape index (κ3) is 2.52. The van der Waals surface area contributed by atoms with Gasteiger partial charge in [0.15, 0.2) is 5.58 Å². The summed E-state index contributed by atoms with van der Waals surface area (Å²) in [5.74, 6) is -0.773. The van der Waals surface area contributed by atoms with E-state index in [2.05, 4.69) is 10.3 Å². The van der Waals surface area contributed by atoms with Crippen LogP contribution in [-0.2, 0) is 4.79 Å². The average Bonchev–Trinajstić information content (AvgIpc) is 2.65. The number of amides is 1. The van der Waals surface area contributed by atoms with Crippen molar-refractivity contribution in [2.75, 3.05) is 5.32 Å². The molecule has 1 aromatic heterocycles. The zero-order valence-corrected chi connectivity index (χ0v) is 8.82. The van der Waals surface area contributed by atoms with Gasteiger partial charge in [0.1, 0.15) is 0 Å². The van der Waals surface area contributed by atoms with E-state index in [1.54, 1.807) is 18.2 Å². The highest BCUT2D eigenvalue weighted by Crippen LogP contribution is 2.16. The number of hydrogen-bond donors (Lipinski definition) is 2. The molecule has 0 bridgehead atoms. The van der Waals surface area contributed by atoms with Crippen molar-refractivity contribution in [1.82, 2.24) is 4.98 Å². The van der Waals surface area contributed by atoms with Gasteiger partial charge in [0, 0.05) is 18.5 Å². The topological polar surface area (TPSA) is 98.9 Å². The number of nitrogens with one attached hydrogen (secondary N) is 2. The highest BCUT2D eigenvalue weighted by molar-refractivity contribution is 5.92. The third-order valence-corrected chi connectivity index (χ3v) is 2.17. The van der Waals surface area contributed by atoms with E-state index in [0.717, 1.165) is 0 Å². The van der Waals surface area contributed by atoms with E-state index in [4.69, 9.17) is 9.68 Å². The van der Waals surface area contributed by atoms with Gasteiger partial charge in [-0.25, -0.2) is 4.79 Å². The standard InChI is InChI=1S/C11H9N3O3/c12-5-1-2-10(15)13-7-3-4-9-8(6-7)14-11(16)17-9/h3-4,6H,1-2H2,(H,13,15)(H,14,16). The first-order valence-electron chi connectivity index (χ1n) is 4.99. The Morgan fingerprint density at radius 2 is 2.35 bits per heavy atom. The normalized spacial score (nSPS) is 10.1. The van der Waals surface area contributed by atoms with Gasteiger partial charge < -0.3 is 9.73 Å². The monoisotopic (exact) mass is 231 g/mol. The van der Waals surface area contributed by atoms with Crippen molar-refractivity contribution < 1.29 is 9.21 Å². The molecule has 2 N–H and O–H groups in total. The molecular formula is C11H9N3O3. The fourth-order valence-electron chi connectivity index (χ4n) is 1.42. The Labute approximate surface area is 95.9 Å². The van der Waals surface area contributed by atoms with Crippen LogP contribution in [0.4, 0.5) is 5.69 Å². The Morgan fingerprint density at radius 1 is 1.53 bits per heavy atom. The van der Waals surface area contributed by atoms with Crippen LogP contribution in [0.5, 0.6) is 0 Å². The molecular weight excluding hydrogens is 222 g/mol. The number of aromatic amines is 1. The molecule has 0 radical (unpaired) electrons. The van der Waals surface area contributed by atoms with Crippen molar-refractivity contribution in [3.63, 3.8) is 0 Å². The van der Waals surface area contributed by atoms with E-state index in [0.29, 0.717) is 16.8 Å². The molecule has 0 spiro atoms. The molecule has 0 aliphatic carbocycles. The van der Waals surface area contributed by atoms with Gasteiger partial charge in [0.2, 0.25) is 5.91 Å². The highest BCUT2D eigenvalue weighted by Gasteiger charge is 2.05. The maximum atomic E-state index is 11.4. The van der Waals surface area contributed by atoms with Crippen molar-refractivity contribution in [2.24, 2.45) is 0 Å². The number of carbonyl (C=O) groups is 1. The zero-order valence-electron chi connectivity index (χ0n) is 8.82. The molecule has 17 heavy (non-hydrogen) atoms. The van der Waals surface area contributed by atoms with E-state index in [-0.39, 0.29) is 18.7 Å². The molecule has 6 nitrogen and oxygen atoms in total. The van der Waals surface area contributed by atoms with Gasteiger partial charge in [-0.2, -0.15) is 5.26 Å². The first-order valence-corrected chi connectivity index (χ1v) is 4.99. The molecule has 0 atom stereocenters. The molecule has 0 fully saturated rings. The van der Waals surface area contributed by atoms with Gasteiger partial charge in [0.05, 0.1) is 11.6 Å². The number of nitriles is 1. The lowest BCUT2D eigenvalue weighted by molar-refractivity contribution is -0.116. The molecule has 0 aliphatic heterocycles. The lowest BCUT2D eigenvalue weighted by Gasteiger charge is -2.02. The molecule has 1 amide bonds. The summed E-state index contributed by atoms with van der Waals surface area (Å²) in [5.41, 5.74) is 1.51. The average molecular weight is 231 g/mol. The van der Waals surface area contributed by atoms with Gasteiger partial charge in [-0.3, -0.25) is 9.78 Å². The van der Waals surface area contributed by atoms with E-state index < -0.39 is 5.76 Å². The number of rotatable bonds is 3. The molecule has 6 heteroatoms. The Balaban J connectivity index is 2.16. The highest BCUT2D eigenvalue weighted by atomic mass is 16.4. The summed E-state index contributed by atoms with van der Waals surface area (Å²) >= 11 is 0. The summed E-state index contributed by atoms with van der Waals surface area (Å²) in [4.78, 5) is 24.8. The predicted molar refractivity (Wildman–Crippen MR) is 60.3 cm³/mol. The largest absolute Gasteiger partial charge is 0.417 e. The van der Waals surface area contributed by atoms with E-state index in [9.17, 15) is 9.59 Å². The van der Waals surface area contributed by atoms with Crippen molar-refractivity contribution in [3.05, 3.63) is 28.7 Å². The fraction of sp³-hybridized carbons (Fsp3) is 0.182. The van der Waals surface area contributed by atoms with Crippen LogP contribution in [0.15, 0.2) is 27.4 Å². The number of H-pyrrole nitrogens is 1. The summed E-state index contributed by atoms with van der Waals surface area (Å²) in [6.07, 6.45) is 0.326. The van der Waals surface area contributed by atoms with Crippen LogP contribution >= 0.6 is 0 Å². The number of oxazole rings is 1. The van der Waals surface area contributed by atoms with Crippen LogP contribution in [0.3, 0.4) is 0 Å². The lowest BCUT2D eigenvalue weighted by Crippen LogP contribution is -2.10. The molecule has 2 rings (SSSR count). The van der Waals surface area contributed by atoms with Crippen molar-refractivity contribution in [2.45, 2.75) is 12.8 Å². The van der Waals surface area contributed by atoms with Crippen molar-refractivity contribution >= 4 is 22.7 Å². The Morgan fingerprint density at radius 3 is 3.12 bits per heavy atom. The number of aromatic nitrogens is 1. The van der Waals surface area contributed by atoms with Gasteiger partial charge in [-0.05, 0) is 18.2 Å². The molecule has 0 saturated carbocycles. The summed E-state index contributed by atoms with van der Waals surface area (Å²) in [5, 5.41) is 11.0. The minimum absolute atomic E-state index is 0.149. The van der Waals surface area contributed by atoms with Crippen LogP contribution in [0, 0.1) is 11.3 Å². The zero-order chi connectivity index (χ0) is 12.3. The quantitative estimate of drug-likeness (QED) is 0.833. The molecule has 1 heterocycles. The fourth-order valence-corrected chi connectivity index (χ4v) is 1.42. The van der Waals surface area contributed by atoms with Crippen LogP contribution in [0.25, 0.3) is 11.1 Å². The van der Waals surface area contributed by atoms with Crippen LogP contribution < -0.4 is 11.1 Å². The second-order valence-electron chi connectivity index (χ2n) is 3.43. The first-order chi connectivity index (χ1) is 8.19. The summed E-state index contributed by atoms with van der Waals surface area (Å²) in [7, 11) is 0. The summed E-state index contributed by atoms with van der Waals surface area (Å²) in [6.45, 7) is 0. The number of anilines is 1. The number of carbonyl (C=O) groups excluding carboxylic acids is 1. The van der Waals surface area contributed by atoms with Gasteiger partial charge in [-0.15, -0.1) is 0 Å². The second-order valence-corrected chi connectivity index (χ2v) is 3.43. The second kappa shape index (κ2) is 4.53. The SMILES string of the molecule is N#CCCC(=O)Nc1ccc2oc(=O)[nH]c2c1. The minimum Gasteiger partial charge on any atom is -0.408 e. The molecule has 2 aromatic rings. The molecule has 0 saturated heterocycles. The van der Waals surface area contributed by atoms with Gasteiger partial charge in [0.25, 0.3) is 0 Å². The molecule has 86 valence electrons. The smallest absolute Gasteiger partial charge is 0.408 e. The van der Waals surface area contributed by atoms with Crippen LogP contribution in [0.1, 0.15) is 12.8 Å². The Bertz CT molecular complexity index is 648. The lowest BCUT2D eigenvalue weighted by atomic mass is 10.2. The van der Waals surface area contributed by atoms with Crippen LogP contribution in [-0.4, -0.2) is 10.9 Å². The van der Waals surface area contributed by atoms with E-state index >= 15 is 0 Å². The number of fused-ring (bicyclic) bond motifs is 1. The predicted octanol–water partition coefficient (Wildman–Crippen LogP) is 1.36. The number of benzene rings is 1. The summed E-state index contributed by atoms with van der Waals surface area (Å²) in [6, 6.07) is 6.71. The Hall–Kier alpha value is -2.55. The molecule has 0 unspecified atom stereocenters. The van der Waals surface area contributed by atoms with Crippen molar-refractivity contribution in [3.8, 4) is 6.07 Å².